The Morgan fingerprint density at radius 3 is 2.27 bits per heavy atom. The third-order valence-electron chi connectivity index (χ3n) is 5.32. The number of aromatic nitrogens is 2. The highest BCUT2D eigenvalue weighted by atomic mass is 16.5. The van der Waals surface area contributed by atoms with Crippen molar-refractivity contribution in [1.82, 2.24) is 9.97 Å². The van der Waals surface area contributed by atoms with E-state index in [-0.39, 0.29) is 0 Å². The summed E-state index contributed by atoms with van der Waals surface area (Å²) in [4.78, 5) is 10.6. The van der Waals surface area contributed by atoms with Crippen molar-refractivity contribution in [3.05, 3.63) is 102 Å². The maximum absolute atomic E-state index is 6.21. The van der Waals surface area contributed by atoms with Gasteiger partial charge in [0.05, 0.1) is 17.6 Å². The fourth-order valence-corrected chi connectivity index (χ4v) is 3.79. The number of hydrogen-bond acceptors (Lipinski definition) is 3. The van der Waals surface area contributed by atoms with Crippen LogP contribution in [0.25, 0.3) is 21.8 Å². The van der Waals surface area contributed by atoms with Crippen LogP contribution in [0.5, 0.6) is 5.75 Å². The number of ether oxygens (including phenoxy) is 1. The second-order valence-corrected chi connectivity index (χ2v) is 7.47. The summed E-state index contributed by atoms with van der Waals surface area (Å²) in [7, 11) is 2.08. The van der Waals surface area contributed by atoms with Crippen LogP contribution in [-0.4, -0.2) is 17.0 Å². The van der Waals surface area contributed by atoms with Gasteiger partial charge < -0.3 is 14.6 Å². The predicted octanol–water partition coefficient (Wildman–Crippen LogP) is 5.93. The Morgan fingerprint density at radius 1 is 0.833 bits per heavy atom. The lowest BCUT2D eigenvalue weighted by Crippen LogP contribution is -2.16. The van der Waals surface area contributed by atoms with Crippen molar-refractivity contribution < 1.29 is 4.74 Å². The van der Waals surface area contributed by atoms with E-state index in [2.05, 4.69) is 59.4 Å². The van der Waals surface area contributed by atoms with Crippen molar-refractivity contribution in [2.24, 2.45) is 0 Å². The second kappa shape index (κ2) is 7.91. The number of aromatic amines is 1. The normalized spacial score (nSPS) is 11.1. The van der Waals surface area contributed by atoms with Crippen LogP contribution in [0.1, 0.15) is 11.4 Å². The average Bonchev–Trinajstić information content (AvgIpc) is 3.21. The fourth-order valence-electron chi connectivity index (χ4n) is 3.79. The Hall–Kier alpha value is -3.79. The summed E-state index contributed by atoms with van der Waals surface area (Å²) in [5.74, 6) is 1.80. The zero-order valence-electron chi connectivity index (χ0n) is 16.9. The van der Waals surface area contributed by atoms with E-state index in [9.17, 15) is 0 Å². The number of benzene rings is 4. The largest absolute Gasteiger partial charge is 0.488 e. The van der Waals surface area contributed by atoms with Crippen LogP contribution < -0.4 is 9.64 Å². The molecule has 1 heterocycles. The fraction of sp³-hybridized carbons (Fsp3) is 0.115. The van der Waals surface area contributed by atoms with E-state index in [1.54, 1.807) is 0 Å². The van der Waals surface area contributed by atoms with Gasteiger partial charge in [0.25, 0.3) is 0 Å². The minimum atomic E-state index is 0.536. The first-order valence-electron chi connectivity index (χ1n) is 10.1. The van der Waals surface area contributed by atoms with Crippen LogP contribution in [0.15, 0.2) is 91.0 Å². The monoisotopic (exact) mass is 393 g/mol. The number of hydrogen-bond donors (Lipinski definition) is 1. The van der Waals surface area contributed by atoms with Crippen LogP contribution in [0.4, 0.5) is 5.69 Å². The zero-order chi connectivity index (χ0) is 20.3. The summed E-state index contributed by atoms with van der Waals surface area (Å²) < 4.78 is 6.21. The molecule has 4 heteroatoms. The van der Waals surface area contributed by atoms with E-state index in [0.29, 0.717) is 13.2 Å². The van der Waals surface area contributed by atoms with Gasteiger partial charge in [0.1, 0.15) is 18.2 Å². The van der Waals surface area contributed by atoms with Crippen molar-refractivity contribution in [2.45, 2.75) is 13.2 Å². The van der Waals surface area contributed by atoms with Crippen molar-refractivity contribution in [3.63, 3.8) is 0 Å². The summed E-state index contributed by atoms with van der Waals surface area (Å²) >= 11 is 0. The first-order valence-corrected chi connectivity index (χ1v) is 10.1. The van der Waals surface area contributed by atoms with Gasteiger partial charge in [-0.05, 0) is 17.7 Å². The first-order chi connectivity index (χ1) is 14.8. The van der Waals surface area contributed by atoms with E-state index in [4.69, 9.17) is 9.72 Å². The zero-order valence-corrected chi connectivity index (χ0v) is 16.9. The van der Waals surface area contributed by atoms with Crippen molar-refractivity contribution in [1.29, 1.82) is 0 Å². The lowest BCUT2D eigenvalue weighted by atomic mass is 10.1. The van der Waals surface area contributed by atoms with Crippen LogP contribution in [0.2, 0.25) is 0 Å². The quantitative estimate of drug-likeness (QED) is 0.389. The van der Waals surface area contributed by atoms with Gasteiger partial charge in [-0.3, -0.25) is 0 Å². The number of nitrogens with zero attached hydrogens (tertiary/aromatic N) is 2. The predicted molar refractivity (Wildman–Crippen MR) is 123 cm³/mol. The number of anilines is 1. The minimum absolute atomic E-state index is 0.536. The Bertz CT molecular complexity index is 1280. The van der Waals surface area contributed by atoms with Crippen LogP contribution in [0, 0.1) is 0 Å². The Morgan fingerprint density at radius 2 is 1.50 bits per heavy atom. The summed E-state index contributed by atoms with van der Waals surface area (Å²) in [5.41, 5.74) is 4.29. The lowest BCUT2D eigenvalue weighted by molar-refractivity contribution is 0.310. The summed E-state index contributed by atoms with van der Waals surface area (Å²) in [6, 6.07) is 30.9. The van der Waals surface area contributed by atoms with E-state index in [1.807, 2.05) is 48.5 Å². The summed E-state index contributed by atoms with van der Waals surface area (Å²) in [6.07, 6.45) is 0. The van der Waals surface area contributed by atoms with Gasteiger partial charge in [-0.1, -0.05) is 72.8 Å². The topological polar surface area (TPSA) is 41.2 Å². The number of rotatable bonds is 6. The number of fused-ring (bicyclic) bond motifs is 3. The molecular weight excluding hydrogens is 370 g/mol. The van der Waals surface area contributed by atoms with E-state index in [0.717, 1.165) is 44.6 Å². The van der Waals surface area contributed by atoms with Gasteiger partial charge >= 0.3 is 0 Å². The Balaban J connectivity index is 1.49. The van der Waals surface area contributed by atoms with Crippen molar-refractivity contribution in [2.75, 3.05) is 11.9 Å². The molecule has 0 bridgehead atoms. The second-order valence-electron chi connectivity index (χ2n) is 7.47. The highest BCUT2D eigenvalue weighted by Gasteiger charge is 2.13. The molecule has 0 aliphatic heterocycles. The van der Waals surface area contributed by atoms with Crippen LogP contribution >= 0.6 is 0 Å². The molecule has 0 spiro atoms. The van der Waals surface area contributed by atoms with Gasteiger partial charge in [-0.15, -0.1) is 0 Å². The molecule has 4 aromatic carbocycles. The maximum atomic E-state index is 6.21. The van der Waals surface area contributed by atoms with E-state index >= 15 is 0 Å². The van der Waals surface area contributed by atoms with Crippen LogP contribution in [0.3, 0.4) is 0 Å². The molecule has 0 saturated heterocycles. The van der Waals surface area contributed by atoms with Crippen LogP contribution in [-0.2, 0) is 13.2 Å². The molecule has 0 amide bonds. The van der Waals surface area contributed by atoms with E-state index in [1.165, 1.54) is 0 Å². The molecule has 0 aliphatic rings. The molecule has 148 valence electrons. The van der Waals surface area contributed by atoms with Crippen molar-refractivity contribution >= 4 is 27.5 Å². The molecule has 30 heavy (non-hydrogen) atoms. The lowest BCUT2D eigenvalue weighted by Gasteiger charge is -2.17. The number of para-hydroxylation sites is 1. The first kappa shape index (κ1) is 18.3. The highest BCUT2D eigenvalue weighted by molar-refractivity contribution is 6.07. The van der Waals surface area contributed by atoms with Crippen molar-refractivity contribution in [3.8, 4) is 5.75 Å². The molecule has 0 radical (unpaired) electrons. The summed E-state index contributed by atoms with van der Waals surface area (Å²) in [5, 5.41) is 2.18. The molecule has 5 rings (SSSR count). The third-order valence-corrected chi connectivity index (χ3v) is 5.32. The van der Waals surface area contributed by atoms with Gasteiger partial charge in [0.2, 0.25) is 0 Å². The minimum Gasteiger partial charge on any atom is -0.488 e. The number of nitrogens with one attached hydrogen (secondary N) is 1. The molecule has 0 fully saturated rings. The van der Waals surface area contributed by atoms with Gasteiger partial charge in [0.15, 0.2) is 0 Å². The van der Waals surface area contributed by atoms with Gasteiger partial charge in [0, 0.05) is 29.6 Å². The maximum Gasteiger partial charge on any atom is 0.129 e. The number of imidazole rings is 1. The molecule has 1 N–H and O–H groups in total. The standard InChI is InChI=1S/C26H23N3O/c1-29(20-12-6-3-7-13-20)17-25-27-23-16-24(30-18-19-10-4-2-5-11-19)21-14-8-9-15-22(21)26(23)28-25/h2-16H,17-18H2,1H3,(H,27,28). The molecule has 1 aromatic heterocycles. The molecule has 0 aliphatic carbocycles. The Labute approximate surface area is 175 Å². The average molecular weight is 393 g/mol. The van der Waals surface area contributed by atoms with Gasteiger partial charge in [-0.2, -0.15) is 0 Å². The number of H-pyrrole nitrogens is 1. The molecular formula is C26H23N3O. The molecule has 0 atom stereocenters. The smallest absolute Gasteiger partial charge is 0.129 e. The summed E-state index contributed by atoms with van der Waals surface area (Å²) in [6.45, 7) is 1.24. The molecule has 0 saturated carbocycles. The highest BCUT2D eigenvalue weighted by Crippen LogP contribution is 2.33. The third kappa shape index (κ3) is 3.60. The van der Waals surface area contributed by atoms with Gasteiger partial charge in [-0.25, -0.2) is 4.98 Å². The van der Waals surface area contributed by atoms with E-state index < -0.39 is 0 Å². The SMILES string of the molecule is CN(Cc1nc2c(cc(OCc3ccccc3)c3ccccc32)[nH]1)c1ccccc1. The molecule has 4 nitrogen and oxygen atoms in total. The Kier molecular flexibility index (Phi) is 4.81. The molecule has 0 unspecified atom stereocenters. The molecule has 5 aromatic rings.